The van der Waals surface area contributed by atoms with Crippen LogP contribution in [0.5, 0.6) is 0 Å². The Balaban J connectivity index is 3.93. The molecule has 0 rings (SSSR count). The van der Waals surface area contributed by atoms with Gasteiger partial charge in [-0.1, -0.05) is 53.4 Å². The van der Waals surface area contributed by atoms with Crippen LogP contribution in [0.3, 0.4) is 0 Å². The predicted molar refractivity (Wildman–Crippen MR) is 78.0 cm³/mol. The third-order valence-electron chi connectivity index (χ3n) is 3.65. The van der Waals surface area contributed by atoms with Crippen molar-refractivity contribution < 1.29 is 14.3 Å². The zero-order chi connectivity index (χ0) is 14.7. The normalized spacial score (nSPS) is 13.9. The summed E-state index contributed by atoms with van der Waals surface area (Å²) in [5.41, 5.74) is 0. The van der Waals surface area contributed by atoms with Crippen molar-refractivity contribution in [3.05, 3.63) is 0 Å². The van der Waals surface area contributed by atoms with Crippen molar-refractivity contribution >= 4 is 11.8 Å². The van der Waals surface area contributed by atoms with Gasteiger partial charge in [-0.3, -0.25) is 9.59 Å². The number of hydrogen-bond acceptors (Lipinski definition) is 3. The van der Waals surface area contributed by atoms with Gasteiger partial charge in [-0.15, -0.1) is 0 Å². The van der Waals surface area contributed by atoms with E-state index >= 15 is 0 Å². The SMILES string of the molecule is CCCCCCOC(=O)C(C)C(C)C(=O)CCCC. The fourth-order valence-electron chi connectivity index (χ4n) is 1.89. The second-order valence-electron chi connectivity index (χ2n) is 5.38. The molecular formula is C16H30O3. The second-order valence-corrected chi connectivity index (χ2v) is 5.38. The van der Waals surface area contributed by atoms with Gasteiger partial charge in [-0.25, -0.2) is 0 Å². The van der Waals surface area contributed by atoms with E-state index in [9.17, 15) is 9.59 Å². The lowest BCUT2D eigenvalue weighted by molar-refractivity contribution is -0.151. The molecule has 0 radical (unpaired) electrons. The lowest BCUT2D eigenvalue weighted by Crippen LogP contribution is -2.27. The summed E-state index contributed by atoms with van der Waals surface area (Å²) in [5.74, 6) is -0.601. The maximum Gasteiger partial charge on any atom is 0.309 e. The van der Waals surface area contributed by atoms with Gasteiger partial charge in [-0.2, -0.15) is 0 Å². The molecule has 0 aromatic heterocycles. The molecule has 3 nitrogen and oxygen atoms in total. The average molecular weight is 270 g/mol. The van der Waals surface area contributed by atoms with Crippen LogP contribution in [0.25, 0.3) is 0 Å². The zero-order valence-corrected chi connectivity index (χ0v) is 13.0. The van der Waals surface area contributed by atoms with Crippen LogP contribution in [0.1, 0.15) is 72.6 Å². The molecule has 0 saturated heterocycles. The lowest BCUT2D eigenvalue weighted by Gasteiger charge is -2.17. The Morgan fingerprint density at radius 1 is 0.895 bits per heavy atom. The van der Waals surface area contributed by atoms with Crippen LogP contribution in [0.2, 0.25) is 0 Å². The number of Topliss-reactive ketones (excluding diaryl/α,β-unsaturated/α-hetero) is 1. The van der Waals surface area contributed by atoms with E-state index in [2.05, 4.69) is 13.8 Å². The maximum atomic E-state index is 11.9. The topological polar surface area (TPSA) is 43.4 Å². The summed E-state index contributed by atoms with van der Waals surface area (Å²) in [6, 6.07) is 0. The molecule has 2 unspecified atom stereocenters. The smallest absolute Gasteiger partial charge is 0.309 e. The number of carbonyl (C=O) groups excluding carboxylic acids is 2. The Hall–Kier alpha value is -0.860. The fraction of sp³-hybridized carbons (Fsp3) is 0.875. The summed E-state index contributed by atoms with van der Waals surface area (Å²) in [7, 11) is 0. The number of ether oxygens (including phenoxy) is 1. The molecule has 0 bridgehead atoms. The molecule has 0 heterocycles. The molecule has 19 heavy (non-hydrogen) atoms. The van der Waals surface area contributed by atoms with E-state index in [1.807, 2.05) is 6.92 Å². The van der Waals surface area contributed by atoms with E-state index in [0.717, 1.165) is 25.7 Å². The molecule has 0 aromatic carbocycles. The first kappa shape index (κ1) is 18.1. The van der Waals surface area contributed by atoms with E-state index in [1.54, 1.807) is 6.92 Å². The molecule has 0 saturated carbocycles. The first-order valence-electron chi connectivity index (χ1n) is 7.73. The Bertz CT molecular complexity index is 261. The maximum absolute atomic E-state index is 11.9. The number of esters is 1. The van der Waals surface area contributed by atoms with E-state index in [-0.39, 0.29) is 23.6 Å². The third-order valence-corrected chi connectivity index (χ3v) is 3.65. The predicted octanol–water partition coefficient (Wildman–Crippen LogP) is 4.14. The highest BCUT2D eigenvalue weighted by atomic mass is 16.5. The summed E-state index contributed by atoms with van der Waals surface area (Å²) in [6.07, 6.45) is 6.86. The van der Waals surface area contributed by atoms with E-state index in [0.29, 0.717) is 13.0 Å². The van der Waals surface area contributed by atoms with Gasteiger partial charge in [0.2, 0.25) is 0 Å². The quantitative estimate of drug-likeness (QED) is 0.418. The van der Waals surface area contributed by atoms with Gasteiger partial charge in [0.05, 0.1) is 12.5 Å². The van der Waals surface area contributed by atoms with Crippen molar-refractivity contribution in [1.29, 1.82) is 0 Å². The van der Waals surface area contributed by atoms with Gasteiger partial charge in [-0.05, 0) is 12.8 Å². The van der Waals surface area contributed by atoms with Crippen molar-refractivity contribution in [2.24, 2.45) is 11.8 Å². The van der Waals surface area contributed by atoms with Gasteiger partial charge in [0.15, 0.2) is 0 Å². The number of ketones is 1. The zero-order valence-electron chi connectivity index (χ0n) is 13.0. The third kappa shape index (κ3) is 8.02. The average Bonchev–Trinajstić information content (AvgIpc) is 2.42. The molecule has 0 N–H and O–H groups in total. The second kappa shape index (κ2) is 11.0. The van der Waals surface area contributed by atoms with Gasteiger partial charge in [0.1, 0.15) is 5.78 Å². The number of carbonyl (C=O) groups is 2. The first-order valence-corrected chi connectivity index (χ1v) is 7.73. The minimum Gasteiger partial charge on any atom is -0.465 e. The monoisotopic (exact) mass is 270 g/mol. The number of unbranched alkanes of at least 4 members (excludes halogenated alkanes) is 4. The molecule has 112 valence electrons. The van der Waals surface area contributed by atoms with Crippen LogP contribution in [0.15, 0.2) is 0 Å². The number of rotatable bonds is 11. The van der Waals surface area contributed by atoms with Crippen molar-refractivity contribution in [3.8, 4) is 0 Å². The Morgan fingerprint density at radius 2 is 1.53 bits per heavy atom. The standard InChI is InChI=1S/C16H30O3/c1-5-7-9-10-12-19-16(18)14(4)13(3)15(17)11-8-6-2/h13-14H,5-12H2,1-4H3. The van der Waals surface area contributed by atoms with Crippen LogP contribution in [-0.2, 0) is 14.3 Å². The van der Waals surface area contributed by atoms with E-state index in [4.69, 9.17) is 4.74 Å². The molecule has 0 aromatic rings. The molecule has 0 spiro atoms. The fourth-order valence-corrected chi connectivity index (χ4v) is 1.89. The number of hydrogen-bond donors (Lipinski definition) is 0. The largest absolute Gasteiger partial charge is 0.465 e. The van der Waals surface area contributed by atoms with Crippen LogP contribution in [-0.4, -0.2) is 18.4 Å². The molecule has 0 aliphatic heterocycles. The first-order chi connectivity index (χ1) is 9.04. The van der Waals surface area contributed by atoms with Gasteiger partial charge >= 0.3 is 5.97 Å². The van der Waals surface area contributed by atoms with Gasteiger partial charge in [0, 0.05) is 12.3 Å². The Morgan fingerprint density at radius 3 is 2.11 bits per heavy atom. The van der Waals surface area contributed by atoms with Crippen LogP contribution < -0.4 is 0 Å². The molecule has 0 fully saturated rings. The molecule has 3 heteroatoms. The Kier molecular flexibility index (Phi) is 10.5. The summed E-state index contributed by atoms with van der Waals surface area (Å²) in [6.45, 7) is 8.33. The van der Waals surface area contributed by atoms with E-state index in [1.165, 1.54) is 12.8 Å². The molecule has 2 atom stereocenters. The Labute approximate surface area is 118 Å². The molecule has 0 aliphatic rings. The minimum atomic E-state index is -0.324. The van der Waals surface area contributed by atoms with Crippen molar-refractivity contribution in [2.45, 2.75) is 72.6 Å². The van der Waals surface area contributed by atoms with Gasteiger partial charge in [0.25, 0.3) is 0 Å². The van der Waals surface area contributed by atoms with Crippen LogP contribution >= 0.6 is 0 Å². The summed E-state index contributed by atoms with van der Waals surface area (Å²) < 4.78 is 5.23. The van der Waals surface area contributed by atoms with Crippen LogP contribution in [0, 0.1) is 11.8 Å². The summed E-state index contributed by atoms with van der Waals surface area (Å²) >= 11 is 0. The highest BCUT2D eigenvalue weighted by Gasteiger charge is 2.26. The van der Waals surface area contributed by atoms with Gasteiger partial charge < -0.3 is 4.74 Å². The molecule has 0 aliphatic carbocycles. The van der Waals surface area contributed by atoms with Crippen molar-refractivity contribution in [1.82, 2.24) is 0 Å². The van der Waals surface area contributed by atoms with Crippen LogP contribution in [0.4, 0.5) is 0 Å². The van der Waals surface area contributed by atoms with Crippen molar-refractivity contribution in [3.63, 3.8) is 0 Å². The highest BCUT2D eigenvalue weighted by molar-refractivity contribution is 5.86. The highest BCUT2D eigenvalue weighted by Crippen LogP contribution is 2.17. The molecular weight excluding hydrogens is 240 g/mol. The van der Waals surface area contributed by atoms with E-state index < -0.39 is 0 Å². The summed E-state index contributed by atoms with van der Waals surface area (Å²) in [5, 5.41) is 0. The lowest BCUT2D eigenvalue weighted by atomic mass is 9.89. The van der Waals surface area contributed by atoms with Crippen molar-refractivity contribution in [2.75, 3.05) is 6.61 Å². The summed E-state index contributed by atoms with van der Waals surface area (Å²) in [4.78, 5) is 23.7. The molecule has 0 amide bonds. The minimum absolute atomic E-state index is 0.178.